The molecule has 0 atom stereocenters. The van der Waals surface area contributed by atoms with Crippen molar-refractivity contribution in [2.45, 2.75) is 13.0 Å². The minimum Gasteiger partial charge on any atom is -0.359 e. The fraction of sp³-hybridized carbons (Fsp3) is 0.143. The van der Waals surface area contributed by atoms with Gasteiger partial charge in [-0.1, -0.05) is 65.5 Å². The van der Waals surface area contributed by atoms with Crippen LogP contribution in [0.1, 0.15) is 17.1 Å². The van der Waals surface area contributed by atoms with Crippen LogP contribution in [-0.2, 0) is 16.1 Å². The van der Waals surface area contributed by atoms with Crippen molar-refractivity contribution >= 4 is 57.5 Å². The van der Waals surface area contributed by atoms with Crippen molar-refractivity contribution in [3.05, 3.63) is 69.5 Å². The number of aromatic nitrogens is 1. The number of nitrogens with zero attached hydrogens (tertiary/aromatic N) is 2. The Morgan fingerprint density at radius 1 is 1.23 bits per heavy atom. The normalized spacial score (nSPS) is 15.2. The van der Waals surface area contributed by atoms with Crippen LogP contribution in [0.5, 0.6) is 0 Å². The van der Waals surface area contributed by atoms with Gasteiger partial charge in [0.25, 0.3) is 5.91 Å². The second-order valence-electron chi connectivity index (χ2n) is 6.42. The average Bonchev–Trinajstić information content (AvgIpc) is 3.49. The number of thiocarbonyl (C=S) groups is 1. The van der Waals surface area contributed by atoms with Crippen molar-refractivity contribution in [1.29, 1.82) is 0 Å². The number of carbonyl (C=O) groups is 2. The second kappa shape index (κ2) is 9.38. The van der Waals surface area contributed by atoms with Gasteiger partial charge in [0.2, 0.25) is 5.91 Å². The van der Waals surface area contributed by atoms with Gasteiger partial charge in [-0.2, -0.15) is 0 Å². The first kappa shape index (κ1) is 20.5. The minimum atomic E-state index is -0.191. The topological polar surface area (TPSA) is 75.4 Å². The van der Waals surface area contributed by atoms with Crippen LogP contribution < -0.4 is 5.32 Å². The van der Waals surface area contributed by atoms with E-state index in [1.54, 1.807) is 17.4 Å². The van der Waals surface area contributed by atoms with Gasteiger partial charge in [-0.05, 0) is 17.5 Å². The Balaban J connectivity index is 1.27. The SMILES string of the molecule is O=C(CCN1C(=O)/C(=C/c2cccs2)SC1=S)NCc1cc(-c2ccccc2)no1. The summed E-state index contributed by atoms with van der Waals surface area (Å²) in [4.78, 5) is 27.8. The van der Waals surface area contributed by atoms with Gasteiger partial charge in [-0.25, -0.2) is 0 Å². The number of thioether (sulfide) groups is 1. The van der Waals surface area contributed by atoms with E-state index in [1.165, 1.54) is 16.7 Å². The van der Waals surface area contributed by atoms with Crippen LogP contribution in [0.15, 0.2) is 63.3 Å². The molecular formula is C21H17N3O3S3. The number of amides is 2. The van der Waals surface area contributed by atoms with E-state index in [0.29, 0.717) is 15.0 Å². The third kappa shape index (κ3) is 4.86. The van der Waals surface area contributed by atoms with Crippen molar-refractivity contribution in [3.8, 4) is 11.3 Å². The summed E-state index contributed by atoms with van der Waals surface area (Å²) < 4.78 is 5.76. The Kier molecular flexibility index (Phi) is 6.41. The molecule has 0 radical (unpaired) electrons. The van der Waals surface area contributed by atoms with Gasteiger partial charge in [0.05, 0.1) is 11.4 Å². The lowest BCUT2D eigenvalue weighted by atomic mass is 10.1. The quantitative estimate of drug-likeness (QED) is 0.423. The van der Waals surface area contributed by atoms with Gasteiger partial charge in [-0.3, -0.25) is 14.5 Å². The Morgan fingerprint density at radius 3 is 2.83 bits per heavy atom. The number of nitrogens with one attached hydrogen (secondary N) is 1. The third-order valence-corrected chi connectivity index (χ3v) is 6.54. The van der Waals surface area contributed by atoms with Gasteiger partial charge in [0.15, 0.2) is 5.76 Å². The number of carbonyl (C=O) groups excluding carboxylic acids is 2. The van der Waals surface area contributed by atoms with Crippen molar-refractivity contribution in [3.63, 3.8) is 0 Å². The molecule has 4 rings (SSSR count). The van der Waals surface area contributed by atoms with Crippen LogP contribution in [-0.4, -0.2) is 32.7 Å². The van der Waals surface area contributed by atoms with E-state index in [0.717, 1.165) is 16.1 Å². The Morgan fingerprint density at radius 2 is 2.07 bits per heavy atom. The summed E-state index contributed by atoms with van der Waals surface area (Å²) in [5, 5.41) is 8.77. The maximum Gasteiger partial charge on any atom is 0.266 e. The average molecular weight is 456 g/mol. The first-order valence-electron chi connectivity index (χ1n) is 9.17. The van der Waals surface area contributed by atoms with Gasteiger partial charge < -0.3 is 9.84 Å². The van der Waals surface area contributed by atoms with Crippen LogP contribution in [0, 0.1) is 0 Å². The fourth-order valence-electron chi connectivity index (χ4n) is 2.82. The standard InChI is InChI=1S/C21H17N3O3S3/c25-19(22-13-15-11-17(23-27-15)14-5-2-1-3-6-14)8-9-24-20(26)18(30-21(24)28)12-16-7-4-10-29-16/h1-7,10-12H,8-9,13H2,(H,22,25)/b18-12-. The number of thiophene rings is 1. The van der Waals surface area contributed by atoms with Crippen molar-refractivity contribution in [2.75, 3.05) is 6.54 Å². The molecule has 1 aliphatic heterocycles. The van der Waals surface area contributed by atoms with Gasteiger partial charge >= 0.3 is 0 Å². The minimum absolute atomic E-state index is 0.151. The lowest BCUT2D eigenvalue weighted by Gasteiger charge is -2.13. The zero-order valence-corrected chi connectivity index (χ0v) is 18.2. The summed E-state index contributed by atoms with van der Waals surface area (Å²) in [6.07, 6.45) is 1.98. The summed E-state index contributed by atoms with van der Waals surface area (Å²) in [6, 6.07) is 15.3. The molecule has 1 fully saturated rings. The van der Waals surface area contributed by atoms with Crippen LogP contribution in [0.4, 0.5) is 0 Å². The van der Waals surface area contributed by atoms with E-state index in [1.807, 2.05) is 53.9 Å². The molecule has 2 amide bonds. The molecule has 1 aliphatic rings. The molecule has 0 saturated carbocycles. The fourth-order valence-corrected chi connectivity index (χ4v) is 4.86. The predicted octanol–water partition coefficient (Wildman–Crippen LogP) is 4.31. The van der Waals surface area contributed by atoms with Crippen molar-refractivity contribution in [1.82, 2.24) is 15.4 Å². The molecule has 0 spiro atoms. The van der Waals surface area contributed by atoms with E-state index in [-0.39, 0.29) is 31.3 Å². The maximum absolute atomic E-state index is 12.6. The number of benzene rings is 1. The molecule has 152 valence electrons. The second-order valence-corrected chi connectivity index (χ2v) is 9.08. The number of hydrogen-bond donors (Lipinski definition) is 1. The first-order chi connectivity index (χ1) is 14.6. The molecular weight excluding hydrogens is 438 g/mol. The summed E-state index contributed by atoms with van der Waals surface area (Å²) in [6.45, 7) is 0.472. The lowest BCUT2D eigenvalue weighted by Crippen LogP contribution is -2.33. The Labute approximate surface area is 186 Å². The molecule has 1 saturated heterocycles. The molecule has 3 aromatic rings. The Bertz CT molecular complexity index is 1090. The molecule has 0 unspecified atom stereocenters. The van der Waals surface area contributed by atoms with E-state index < -0.39 is 0 Å². The van der Waals surface area contributed by atoms with E-state index in [4.69, 9.17) is 16.7 Å². The molecule has 2 aromatic heterocycles. The highest BCUT2D eigenvalue weighted by molar-refractivity contribution is 8.26. The lowest BCUT2D eigenvalue weighted by molar-refractivity contribution is -0.124. The largest absolute Gasteiger partial charge is 0.359 e. The van der Waals surface area contributed by atoms with Crippen LogP contribution in [0.2, 0.25) is 0 Å². The third-order valence-electron chi connectivity index (χ3n) is 4.34. The summed E-state index contributed by atoms with van der Waals surface area (Å²) in [5.74, 6) is 0.213. The molecule has 9 heteroatoms. The molecule has 1 aromatic carbocycles. The molecule has 0 bridgehead atoms. The zero-order chi connectivity index (χ0) is 20.9. The molecule has 30 heavy (non-hydrogen) atoms. The monoisotopic (exact) mass is 455 g/mol. The highest BCUT2D eigenvalue weighted by atomic mass is 32.2. The Hall–Kier alpha value is -2.75. The van der Waals surface area contributed by atoms with Crippen molar-refractivity contribution in [2.24, 2.45) is 0 Å². The zero-order valence-electron chi connectivity index (χ0n) is 15.7. The summed E-state index contributed by atoms with van der Waals surface area (Å²) in [5.41, 5.74) is 1.67. The van der Waals surface area contributed by atoms with Gasteiger partial charge in [0, 0.05) is 29.5 Å². The smallest absolute Gasteiger partial charge is 0.266 e. The summed E-state index contributed by atoms with van der Waals surface area (Å²) in [7, 11) is 0. The van der Waals surface area contributed by atoms with E-state index in [9.17, 15) is 9.59 Å². The number of rotatable bonds is 7. The predicted molar refractivity (Wildman–Crippen MR) is 123 cm³/mol. The summed E-state index contributed by atoms with van der Waals surface area (Å²) >= 11 is 8.13. The maximum atomic E-state index is 12.6. The van der Waals surface area contributed by atoms with Gasteiger partial charge in [-0.15, -0.1) is 11.3 Å². The van der Waals surface area contributed by atoms with Crippen LogP contribution >= 0.6 is 35.3 Å². The molecule has 3 heterocycles. The van der Waals surface area contributed by atoms with Gasteiger partial charge in [0.1, 0.15) is 10.0 Å². The highest BCUT2D eigenvalue weighted by Crippen LogP contribution is 2.33. The van der Waals surface area contributed by atoms with Crippen LogP contribution in [0.25, 0.3) is 17.3 Å². The van der Waals surface area contributed by atoms with E-state index in [2.05, 4.69) is 10.5 Å². The highest BCUT2D eigenvalue weighted by Gasteiger charge is 2.32. The van der Waals surface area contributed by atoms with E-state index >= 15 is 0 Å². The van der Waals surface area contributed by atoms with Crippen molar-refractivity contribution < 1.29 is 14.1 Å². The van der Waals surface area contributed by atoms with Crippen LogP contribution in [0.3, 0.4) is 0 Å². The molecule has 6 nitrogen and oxygen atoms in total. The molecule has 0 aliphatic carbocycles. The first-order valence-corrected chi connectivity index (χ1v) is 11.3. The number of hydrogen-bond acceptors (Lipinski definition) is 7. The molecule has 1 N–H and O–H groups in total.